The Hall–Kier alpha value is -3.16. The van der Waals surface area contributed by atoms with Crippen molar-refractivity contribution in [3.05, 3.63) is 89.5 Å². The monoisotopic (exact) mass is 472 g/mol. The van der Waals surface area contributed by atoms with Gasteiger partial charge in [-0.1, -0.05) is 48.6 Å². The van der Waals surface area contributed by atoms with E-state index in [2.05, 4.69) is 0 Å². The molecule has 178 valence electrons. The van der Waals surface area contributed by atoms with Crippen molar-refractivity contribution in [1.29, 1.82) is 0 Å². The van der Waals surface area contributed by atoms with Crippen molar-refractivity contribution < 1.29 is 31.8 Å². The average Bonchev–Trinajstić information content (AvgIpc) is 2.85. The van der Waals surface area contributed by atoms with Crippen molar-refractivity contribution >= 4 is 0 Å². The van der Waals surface area contributed by atoms with Gasteiger partial charge in [0.2, 0.25) is 5.82 Å². The van der Waals surface area contributed by atoms with Crippen LogP contribution in [-0.2, 0) is 9.47 Å². The van der Waals surface area contributed by atoms with E-state index in [9.17, 15) is 17.6 Å². The molecule has 3 nitrogen and oxygen atoms in total. The molecule has 0 atom stereocenters. The highest BCUT2D eigenvalue weighted by molar-refractivity contribution is 5.71. The molecule has 7 heteroatoms. The van der Waals surface area contributed by atoms with E-state index in [1.165, 1.54) is 48.5 Å². The first-order valence-electron chi connectivity index (χ1n) is 11.0. The summed E-state index contributed by atoms with van der Waals surface area (Å²) in [5.74, 6) is -4.29. The number of ether oxygens (including phenoxy) is 3. The fraction of sp³-hybridized carbons (Fsp3) is 0.259. The summed E-state index contributed by atoms with van der Waals surface area (Å²) < 4.78 is 74.7. The zero-order chi connectivity index (χ0) is 24.2. The molecule has 0 spiro atoms. The Morgan fingerprint density at radius 3 is 1.91 bits per heavy atom. The van der Waals surface area contributed by atoms with Gasteiger partial charge < -0.3 is 14.2 Å². The molecule has 1 fully saturated rings. The number of hydrogen-bond donors (Lipinski definition) is 0. The molecule has 0 saturated carbocycles. The van der Waals surface area contributed by atoms with Gasteiger partial charge in [0.05, 0.1) is 19.8 Å². The van der Waals surface area contributed by atoms with Crippen LogP contribution in [0.1, 0.15) is 25.7 Å². The van der Waals surface area contributed by atoms with Gasteiger partial charge in [0.1, 0.15) is 0 Å². The van der Waals surface area contributed by atoms with E-state index in [4.69, 9.17) is 14.2 Å². The lowest BCUT2D eigenvalue weighted by Gasteiger charge is -2.28. The molecule has 3 aromatic carbocycles. The summed E-state index contributed by atoms with van der Waals surface area (Å²) >= 11 is 0. The maximum absolute atomic E-state index is 14.9. The van der Waals surface area contributed by atoms with Crippen molar-refractivity contribution in [2.75, 3.05) is 19.8 Å². The highest BCUT2D eigenvalue weighted by Gasteiger charge is 2.27. The van der Waals surface area contributed by atoms with Crippen LogP contribution >= 0.6 is 0 Å². The third-order valence-electron chi connectivity index (χ3n) is 5.61. The minimum atomic E-state index is -1.07. The Kier molecular flexibility index (Phi) is 7.34. The number of rotatable bonds is 6. The van der Waals surface area contributed by atoms with E-state index in [1.54, 1.807) is 6.92 Å². The highest BCUT2D eigenvalue weighted by Crippen LogP contribution is 2.35. The minimum absolute atomic E-state index is 0.0104. The summed E-state index contributed by atoms with van der Waals surface area (Å²) in [6.07, 6.45) is 2.84. The largest absolute Gasteiger partial charge is 0.491 e. The molecular weight excluding hydrogens is 448 g/mol. The molecule has 1 aliphatic heterocycles. The Balaban J connectivity index is 1.57. The summed E-state index contributed by atoms with van der Waals surface area (Å²) in [4.78, 5) is 0. The predicted octanol–water partition coefficient (Wildman–Crippen LogP) is 7.21. The van der Waals surface area contributed by atoms with Crippen LogP contribution in [0.15, 0.2) is 60.7 Å². The summed E-state index contributed by atoms with van der Waals surface area (Å²) in [6, 6.07) is 11.7. The molecule has 1 aliphatic rings. The van der Waals surface area contributed by atoms with Crippen LogP contribution in [0.2, 0.25) is 0 Å². The number of hydrogen-bond acceptors (Lipinski definition) is 3. The van der Waals surface area contributed by atoms with Crippen molar-refractivity contribution in [3.63, 3.8) is 0 Å². The third kappa shape index (κ3) is 4.72. The van der Waals surface area contributed by atoms with E-state index in [0.717, 1.165) is 0 Å². The lowest BCUT2D eigenvalue weighted by molar-refractivity contribution is -0.199. The SMILES string of the molecule is C/C=C/C1COC(c2ccc(-c3ccc(-c4ccc(OCC)c(F)c4F)cc3)c(F)c2F)OC1. The van der Waals surface area contributed by atoms with Gasteiger partial charge in [0.25, 0.3) is 0 Å². The molecule has 1 heterocycles. The average molecular weight is 472 g/mol. The standard InChI is InChI=1S/C27H24F4O3/c1-3-5-16-14-33-27(34-15-16)21-11-10-19(23(28)25(21)30)17-6-8-18(9-7-17)20-12-13-22(32-4-2)26(31)24(20)29/h3,5-13,16,27H,4,14-15H2,1-2H3/b5-3+. The van der Waals surface area contributed by atoms with Gasteiger partial charge in [0.15, 0.2) is 29.5 Å². The van der Waals surface area contributed by atoms with Crippen LogP contribution in [0, 0.1) is 29.2 Å². The van der Waals surface area contributed by atoms with Gasteiger partial charge in [-0.15, -0.1) is 0 Å². The van der Waals surface area contributed by atoms with E-state index >= 15 is 0 Å². The van der Waals surface area contributed by atoms with Crippen LogP contribution in [0.5, 0.6) is 5.75 Å². The Morgan fingerprint density at radius 2 is 1.35 bits per heavy atom. The van der Waals surface area contributed by atoms with E-state index in [1.807, 2.05) is 19.1 Å². The highest BCUT2D eigenvalue weighted by atomic mass is 19.2. The smallest absolute Gasteiger partial charge is 0.201 e. The fourth-order valence-corrected chi connectivity index (χ4v) is 3.90. The number of allylic oxidation sites excluding steroid dienone is 1. The van der Waals surface area contributed by atoms with Crippen molar-refractivity contribution in [2.24, 2.45) is 5.92 Å². The third-order valence-corrected chi connectivity index (χ3v) is 5.61. The summed E-state index contributed by atoms with van der Waals surface area (Å²) in [5, 5.41) is 0. The second kappa shape index (κ2) is 10.4. The number of benzene rings is 3. The van der Waals surface area contributed by atoms with Crippen LogP contribution in [0.25, 0.3) is 22.3 Å². The molecule has 3 aromatic rings. The molecule has 0 amide bonds. The zero-order valence-corrected chi connectivity index (χ0v) is 18.8. The molecule has 1 saturated heterocycles. The Bertz CT molecular complexity index is 1180. The lowest BCUT2D eigenvalue weighted by atomic mass is 9.98. The molecule has 0 radical (unpaired) electrons. The molecule has 0 bridgehead atoms. The zero-order valence-electron chi connectivity index (χ0n) is 18.8. The quantitative estimate of drug-likeness (QED) is 0.280. The molecule has 0 aromatic heterocycles. The molecule has 34 heavy (non-hydrogen) atoms. The van der Waals surface area contributed by atoms with E-state index in [-0.39, 0.29) is 35.0 Å². The lowest BCUT2D eigenvalue weighted by Crippen LogP contribution is -2.26. The van der Waals surface area contributed by atoms with Crippen LogP contribution in [0.3, 0.4) is 0 Å². The normalized spacial score (nSPS) is 18.4. The second-order valence-electron chi connectivity index (χ2n) is 7.86. The van der Waals surface area contributed by atoms with Gasteiger partial charge in [-0.05, 0) is 37.1 Å². The Labute approximate surface area is 195 Å². The Morgan fingerprint density at radius 1 is 0.794 bits per heavy atom. The first-order valence-corrected chi connectivity index (χ1v) is 11.0. The van der Waals surface area contributed by atoms with Crippen LogP contribution < -0.4 is 4.74 Å². The van der Waals surface area contributed by atoms with Crippen LogP contribution in [-0.4, -0.2) is 19.8 Å². The first kappa shape index (κ1) is 24.0. The molecule has 4 rings (SSSR count). The fourth-order valence-electron chi connectivity index (χ4n) is 3.90. The number of halogens is 4. The molecule has 0 aliphatic carbocycles. The summed E-state index contributed by atoms with van der Waals surface area (Å²) in [7, 11) is 0. The van der Waals surface area contributed by atoms with E-state index < -0.39 is 29.6 Å². The van der Waals surface area contributed by atoms with Crippen molar-refractivity contribution in [2.45, 2.75) is 20.1 Å². The van der Waals surface area contributed by atoms with Crippen LogP contribution in [0.4, 0.5) is 17.6 Å². The van der Waals surface area contributed by atoms with Gasteiger partial charge in [-0.2, -0.15) is 4.39 Å². The van der Waals surface area contributed by atoms with Gasteiger partial charge >= 0.3 is 0 Å². The van der Waals surface area contributed by atoms with E-state index in [0.29, 0.717) is 24.3 Å². The topological polar surface area (TPSA) is 27.7 Å². The first-order chi connectivity index (χ1) is 16.4. The van der Waals surface area contributed by atoms with Crippen molar-refractivity contribution in [1.82, 2.24) is 0 Å². The van der Waals surface area contributed by atoms with Gasteiger partial charge in [-0.25, -0.2) is 13.2 Å². The summed E-state index contributed by atoms with van der Waals surface area (Å²) in [6.45, 7) is 4.47. The molecule has 0 N–H and O–H groups in total. The maximum atomic E-state index is 14.9. The summed E-state index contributed by atoms with van der Waals surface area (Å²) in [5.41, 5.74) is 0.840. The van der Waals surface area contributed by atoms with Gasteiger partial charge in [-0.3, -0.25) is 0 Å². The molecular formula is C27H24F4O3. The predicted molar refractivity (Wildman–Crippen MR) is 121 cm³/mol. The second-order valence-corrected chi connectivity index (χ2v) is 7.86. The van der Waals surface area contributed by atoms with Gasteiger partial charge in [0, 0.05) is 22.6 Å². The molecule has 0 unspecified atom stereocenters. The van der Waals surface area contributed by atoms with Crippen molar-refractivity contribution in [3.8, 4) is 28.0 Å². The minimum Gasteiger partial charge on any atom is -0.491 e. The maximum Gasteiger partial charge on any atom is 0.201 e.